The number of carbonyl (C=O) groups is 1. The first-order valence-electron chi connectivity index (χ1n) is 5.33. The summed E-state index contributed by atoms with van der Waals surface area (Å²) in [6.07, 6.45) is 2.58. The summed E-state index contributed by atoms with van der Waals surface area (Å²) in [6, 6.07) is 6.98. The highest BCUT2D eigenvalue weighted by molar-refractivity contribution is 7.08. The Morgan fingerprint density at radius 2 is 2.18 bits per heavy atom. The highest BCUT2D eigenvalue weighted by atomic mass is 32.1. The van der Waals surface area contributed by atoms with E-state index in [0.29, 0.717) is 12.0 Å². The smallest absolute Gasteiger partial charge is 0.189 e. The summed E-state index contributed by atoms with van der Waals surface area (Å²) in [5, 5.41) is 13.4. The second-order valence-corrected chi connectivity index (χ2v) is 4.85. The molecule has 1 aromatic carbocycles. The molecule has 0 atom stereocenters. The maximum Gasteiger partial charge on any atom is 0.189 e. The summed E-state index contributed by atoms with van der Waals surface area (Å²) >= 11 is 1.61. The number of phenolic OH excluding ortho intramolecular Hbond substituents is 1. The van der Waals surface area contributed by atoms with E-state index in [2.05, 4.69) is 0 Å². The van der Waals surface area contributed by atoms with Gasteiger partial charge in [0.1, 0.15) is 5.75 Å². The molecular weight excluding hydrogens is 232 g/mol. The topological polar surface area (TPSA) is 37.3 Å². The molecule has 0 amide bonds. The lowest BCUT2D eigenvalue weighted by atomic mass is 10.1. The van der Waals surface area contributed by atoms with Crippen molar-refractivity contribution in [2.45, 2.75) is 6.42 Å². The average molecular weight is 242 g/mol. The number of hydrogen-bond donors (Lipinski definition) is 1. The van der Waals surface area contributed by atoms with Crippen LogP contribution in [-0.2, 0) is 6.42 Å². The minimum absolute atomic E-state index is 0.0297. The van der Waals surface area contributed by atoms with Crippen LogP contribution in [0.3, 0.4) is 0 Å². The van der Waals surface area contributed by atoms with Gasteiger partial charge in [-0.2, -0.15) is 11.3 Å². The van der Waals surface area contributed by atoms with Gasteiger partial charge < -0.3 is 5.11 Å². The molecular formula is C14H10O2S. The molecule has 1 N–H and O–H groups in total. The molecule has 0 spiro atoms. The van der Waals surface area contributed by atoms with E-state index in [0.717, 1.165) is 16.7 Å². The number of hydrogen-bond acceptors (Lipinski definition) is 3. The molecule has 3 rings (SSSR count). The molecule has 84 valence electrons. The van der Waals surface area contributed by atoms with E-state index in [-0.39, 0.29) is 11.5 Å². The van der Waals surface area contributed by atoms with Crippen LogP contribution in [0.25, 0.3) is 6.08 Å². The van der Waals surface area contributed by atoms with Crippen molar-refractivity contribution >= 4 is 23.2 Å². The summed E-state index contributed by atoms with van der Waals surface area (Å²) in [5.74, 6) is 0.177. The number of benzene rings is 1. The molecule has 1 aliphatic rings. The zero-order valence-corrected chi connectivity index (χ0v) is 9.83. The maximum atomic E-state index is 12.1. The lowest BCUT2D eigenvalue weighted by Crippen LogP contribution is -1.94. The molecule has 17 heavy (non-hydrogen) atoms. The second kappa shape index (κ2) is 3.86. The predicted molar refractivity (Wildman–Crippen MR) is 68.4 cm³/mol. The molecule has 0 saturated heterocycles. The van der Waals surface area contributed by atoms with E-state index in [1.54, 1.807) is 23.5 Å². The molecule has 0 bridgehead atoms. The zero-order chi connectivity index (χ0) is 11.8. The molecule has 2 aromatic rings. The van der Waals surface area contributed by atoms with Crippen molar-refractivity contribution in [3.63, 3.8) is 0 Å². The fourth-order valence-corrected chi connectivity index (χ4v) is 2.68. The summed E-state index contributed by atoms with van der Waals surface area (Å²) in [7, 11) is 0. The molecule has 1 aromatic heterocycles. The van der Waals surface area contributed by atoms with E-state index in [1.807, 2.05) is 29.0 Å². The Morgan fingerprint density at radius 1 is 1.29 bits per heavy atom. The van der Waals surface area contributed by atoms with E-state index in [1.165, 1.54) is 0 Å². The van der Waals surface area contributed by atoms with E-state index in [9.17, 15) is 9.90 Å². The van der Waals surface area contributed by atoms with Crippen LogP contribution in [0.1, 0.15) is 21.5 Å². The van der Waals surface area contributed by atoms with Crippen molar-refractivity contribution < 1.29 is 9.90 Å². The van der Waals surface area contributed by atoms with Crippen LogP contribution in [0.15, 0.2) is 40.6 Å². The van der Waals surface area contributed by atoms with Gasteiger partial charge in [-0.05, 0) is 46.2 Å². The number of rotatable bonds is 1. The number of phenols is 1. The number of thiophene rings is 1. The third kappa shape index (κ3) is 1.78. The molecule has 1 aliphatic carbocycles. The van der Waals surface area contributed by atoms with Crippen LogP contribution >= 0.6 is 11.3 Å². The third-order valence-electron chi connectivity index (χ3n) is 2.89. The van der Waals surface area contributed by atoms with Gasteiger partial charge in [-0.3, -0.25) is 4.79 Å². The zero-order valence-electron chi connectivity index (χ0n) is 9.01. The van der Waals surface area contributed by atoms with Gasteiger partial charge in [-0.25, -0.2) is 0 Å². The van der Waals surface area contributed by atoms with Crippen molar-refractivity contribution in [2.24, 2.45) is 0 Å². The fourth-order valence-electron chi connectivity index (χ4n) is 2.06. The molecule has 2 nitrogen and oxygen atoms in total. The Balaban J connectivity index is 2.02. The molecule has 0 fully saturated rings. The Bertz CT molecular complexity index is 609. The number of allylic oxidation sites excluding steroid dienone is 1. The van der Waals surface area contributed by atoms with Crippen LogP contribution in [0.4, 0.5) is 0 Å². The van der Waals surface area contributed by atoms with Crippen LogP contribution < -0.4 is 0 Å². The largest absolute Gasteiger partial charge is 0.508 e. The van der Waals surface area contributed by atoms with Crippen molar-refractivity contribution in [1.29, 1.82) is 0 Å². The Hall–Kier alpha value is -1.87. The molecule has 1 heterocycles. The van der Waals surface area contributed by atoms with Gasteiger partial charge in [-0.1, -0.05) is 6.07 Å². The van der Waals surface area contributed by atoms with Gasteiger partial charge in [0, 0.05) is 17.6 Å². The lowest BCUT2D eigenvalue weighted by Gasteiger charge is -1.95. The predicted octanol–water partition coefficient (Wildman–Crippen LogP) is 3.28. The van der Waals surface area contributed by atoms with Crippen LogP contribution in [0.2, 0.25) is 0 Å². The third-order valence-corrected chi connectivity index (χ3v) is 3.60. The Labute approximate surface area is 103 Å². The second-order valence-electron chi connectivity index (χ2n) is 4.07. The van der Waals surface area contributed by atoms with E-state index in [4.69, 9.17) is 0 Å². The van der Waals surface area contributed by atoms with Crippen molar-refractivity contribution in [3.8, 4) is 5.75 Å². The molecule has 0 radical (unpaired) electrons. The van der Waals surface area contributed by atoms with E-state index >= 15 is 0 Å². The Kier molecular flexibility index (Phi) is 2.34. The quantitative estimate of drug-likeness (QED) is 0.779. The number of ketones is 1. The molecule has 3 heteroatoms. The lowest BCUT2D eigenvalue weighted by molar-refractivity contribution is 0.104. The highest BCUT2D eigenvalue weighted by Gasteiger charge is 2.24. The fraction of sp³-hybridized carbons (Fsp3) is 0.0714. The number of Topliss-reactive ketones (excluding diaryl/α,β-unsaturated/α-hetero) is 1. The van der Waals surface area contributed by atoms with Crippen molar-refractivity contribution in [3.05, 3.63) is 57.3 Å². The SMILES string of the molecule is O=C1C(=Cc2ccsc2)Cc2ccc(O)cc21. The summed E-state index contributed by atoms with van der Waals surface area (Å²) in [5.41, 5.74) is 3.49. The first kappa shape index (κ1) is 10.3. The molecule has 0 unspecified atom stereocenters. The summed E-state index contributed by atoms with van der Waals surface area (Å²) in [6.45, 7) is 0. The highest BCUT2D eigenvalue weighted by Crippen LogP contribution is 2.30. The first-order chi connectivity index (χ1) is 8.24. The number of aromatic hydroxyl groups is 1. The van der Waals surface area contributed by atoms with Gasteiger partial charge in [0.05, 0.1) is 0 Å². The molecule has 0 aliphatic heterocycles. The standard InChI is InChI=1S/C14H10O2S/c15-12-2-1-10-6-11(14(16)13(10)7-12)5-9-3-4-17-8-9/h1-5,7-8,15H,6H2. The van der Waals surface area contributed by atoms with Crippen LogP contribution in [0.5, 0.6) is 5.75 Å². The van der Waals surface area contributed by atoms with Crippen molar-refractivity contribution in [1.82, 2.24) is 0 Å². The van der Waals surface area contributed by atoms with Gasteiger partial charge in [0.15, 0.2) is 5.78 Å². The molecule has 0 saturated carbocycles. The summed E-state index contributed by atoms with van der Waals surface area (Å²) < 4.78 is 0. The maximum absolute atomic E-state index is 12.1. The van der Waals surface area contributed by atoms with Gasteiger partial charge in [-0.15, -0.1) is 0 Å². The Morgan fingerprint density at radius 3 is 2.94 bits per heavy atom. The normalized spacial score (nSPS) is 16.5. The number of fused-ring (bicyclic) bond motifs is 1. The first-order valence-corrected chi connectivity index (χ1v) is 6.28. The minimum Gasteiger partial charge on any atom is -0.508 e. The van der Waals surface area contributed by atoms with Gasteiger partial charge >= 0.3 is 0 Å². The van der Waals surface area contributed by atoms with E-state index < -0.39 is 0 Å². The summed E-state index contributed by atoms with van der Waals surface area (Å²) in [4.78, 5) is 12.1. The van der Waals surface area contributed by atoms with Crippen LogP contribution in [-0.4, -0.2) is 10.9 Å². The minimum atomic E-state index is 0.0297. The monoisotopic (exact) mass is 242 g/mol. The van der Waals surface area contributed by atoms with Gasteiger partial charge in [0.2, 0.25) is 0 Å². The number of carbonyl (C=O) groups excluding carboxylic acids is 1. The van der Waals surface area contributed by atoms with Crippen molar-refractivity contribution in [2.75, 3.05) is 0 Å². The van der Waals surface area contributed by atoms with Crippen LogP contribution in [0, 0.1) is 0 Å². The van der Waals surface area contributed by atoms with Gasteiger partial charge in [0.25, 0.3) is 0 Å². The average Bonchev–Trinajstić information content (AvgIpc) is 2.91.